The molecule has 0 radical (unpaired) electrons. The molecule has 4 rings (SSSR count). The van der Waals surface area contributed by atoms with Crippen LogP contribution in [0.3, 0.4) is 0 Å². The van der Waals surface area contributed by atoms with E-state index in [9.17, 15) is 9.90 Å². The molecule has 4 aliphatic rings. The van der Waals surface area contributed by atoms with Crippen LogP contribution in [0.25, 0.3) is 0 Å². The highest BCUT2D eigenvalue weighted by atomic mass is 16.3. The highest BCUT2D eigenvalue weighted by molar-refractivity contribution is 5.87. The summed E-state index contributed by atoms with van der Waals surface area (Å²) in [5.74, 6) is 3.35. The number of aliphatic hydroxyl groups is 1. The fraction of sp³-hybridized carbons (Fsp3) is 0.864. The number of carbonyl (C=O) groups is 1. The predicted molar refractivity (Wildman–Crippen MR) is 96.5 cm³/mol. The van der Waals surface area contributed by atoms with Gasteiger partial charge in [-0.15, -0.1) is 6.58 Å². The first-order chi connectivity index (χ1) is 11.3. The number of Topliss-reactive ketones (excluding diaryl/α,β-unsaturated/α-hetero) is 1. The average Bonchev–Trinajstić information content (AvgIpc) is 2.84. The molecule has 4 saturated carbocycles. The van der Waals surface area contributed by atoms with E-state index in [0.717, 1.165) is 56.8 Å². The van der Waals surface area contributed by atoms with Crippen LogP contribution in [0.4, 0.5) is 0 Å². The molecule has 0 aromatic heterocycles. The second kappa shape index (κ2) is 5.43. The third-order valence-corrected chi connectivity index (χ3v) is 9.05. The number of fused-ring (bicyclic) bond motifs is 5. The number of hydrogen-bond donors (Lipinski definition) is 1. The van der Waals surface area contributed by atoms with Crippen LogP contribution in [0.15, 0.2) is 12.7 Å². The number of ketones is 1. The van der Waals surface area contributed by atoms with Crippen molar-refractivity contribution in [2.75, 3.05) is 0 Å². The van der Waals surface area contributed by atoms with Crippen molar-refractivity contribution in [2.45, 2.75) is 83.7 Å². The summed E-state index contributed by atoms with van der Waals surface area (Å²) < 4.78 is 0. The minimum absolute atomic E-state index is 0.0113. The van der Waals surface area contributed by atoms with Gasteiger partial charge in [0.15, 0.2) is 0 Å². The van der Waals surface area contributed by atoms with Gasteiger partial charge in [0.1, 0.15) is 5.78 Å². The van der Waals surface area contributed by atoms with E-state index in [2.05, 4.69) is 20.4 Å². The molecule has 0 heterocycles. The van der Waals surface area contributed by atoms with Crippen molar-refractivity contribution in [2.24, 2.45) is 34.5 Å². The van der Waals surface area contributed by atoms with Gasteiger partial charge < -0.3 is 5.11 Å². The number of hydrogen-bond acceptors (Lipinski definition) is 2. The van der Waals surface area contributed by atoms with Crippen molar-refractivity contribution in [1.29, 1.82) is 0 Å². The Bertz CT molecular complexity index is 554. The SMILES string of the molecule is C=CC[C@@]1(O)CC[C@@]2(C)C(CC[C@@H]3[C@@H]2CC[C@]2(C)C(=O)CC[C@@H]32)C1. The normalized spacial score (nSPS) is 53.9. The molecular weight excluding hydrogens is 296 g/mol. The molecule has 134 valence electrons. The molecule has 4 fully saturated rings. The monoisotopic (exact) mass is 330 g/mol. The summed E-state index contributed by atoms with van der Waals surface area (Å²) in [7, 11) is 0. The van der Waals surface area contributed by atoms with Gasteiger partial charge in [-0.2, -0.15) is 0 Å². The van der Waals surface area contributed by atoms with Crippen LogP contribution >= 0.6 is 0 Å². The lowest BCUT2D eigenvalue weighted by Gasteiger charge is -2.61. The van der Waals surface area contributed by atoms with E-state index in [1.165, 1.54) is 19.3 Å². The smallest absolute Gasteiger partial charge is 0.139 e. The van der Waals surface area contributed by atoms with Gasteiger partial charge in [-0.1, -0.05) is 19.9 Å². The second-order valence-corrected chi connectivity index (χ2v) is 10.00. The molecule has 2 nitrogen and oxygen atoms in total. The zero-order chi connectivity index (χ0) is 17.2. The maximum Gasteiger partial charge on any atom is 0.139 e. The highest BCUT2D eigenvalue weighted by Crippen LogP contribution is 2.66. The third kappa shape index (κ3) is 2.21. The summed E-state index contributed by atoms with van der Waals surface area (Å²) in [5, 5.41) is 10.9. The molecule has 0 amide bonds. The van der Waals surface area contributed by atoms with Gasteiger partial charge >= 0.3 is 0 Å². The number of carbonyl (C=O) groups excluding carboxylic acids is 1. The van der Waals surface area contributed by atoms with E-state index in [0.29, 0.717) is 23.0 Å². The first-order valence-corrected chi connectivity index (χ1v) is 10.2. The van der Waals surface area contributed by atoms with Crippen molar-refractivity contribution in [3.05, 3.63) is 12.7 Å². The molecular formula is C22H34O2. The molecule has 0 saturated heterocycles. The van der Waals surface area contributed by atoms with Crippen LogP contribution < -0.4 is 0 Å². The van der Waals surface area contributed by atoms with Crippen molar-refractivity contribution >= 4 is 5.78 Å². The lowest BCUT2D eigenvalue weighted by atomic mass is 9.44. The van der Waals surface area contributed by atoms with Gasteiger partial charge in [-0.05, 0) is 86.9 Å². The first kappa shape index (κ1) is 16.8. The van der Waals surface area contributed by atoms with Crippen molar-refractivity contribution < 1.29 is 9.90 Å². The predicted octanol–water partition coefficient (Wildman–Crippen LogP) is 4.91. The summed E-state index contributed by atoms with van der Waals surface area (Å²) in [6.07, 6.45) is 12.5. The molecule has 4 aliphatic carbocycles. The Morgan fingerprint density at radius 1 is 1.12 bits per heavy atom. The fourth-order valence-corrected chi connectivity index (χ4v) is 7.55. The van der Waals surface area contributed by atoms with Gasteiger partial charge in [0, 0.05) is 11.8 Å². The van der Waals surface area contributed by atoms with Crippen LogP contribution in [-0.2, 0) is 4.79 Å². The van der Waals surface area contributed by atoms with Gasteiger partial charge in [0.25, 0.3) is 0 Å². The lowest BCUT2D eigenvalue weighted by Crippen LogP contribution is -2.55. The summed E-state index contributed by atoms with van der Waals surface area (Å²) in [4.78, 5) is 12.5. The largest absolute Gasteiger partial charge is 0.390 e. The minimum atomic E-state index is -0.509. The maximum absolute atomic E-state index is 12.5. The van der Waals surface area contributed by atoms with Crippen LogP contribution in [0.2, 0.25) is 0 Å². The second-order valence-electron chi connectivity index (χ2n) is 10.00. The van der Waals surface area contributed by atoms with Crippen LogP contribution in [-0.4, -0.2) is 16.5 Å². The molecule has 0 aliphatic heterocycles. The molecule has 2 heteroatoms. The quantitative estimate of drug-likeness (QED) is 0.731. The Kier molecular flexibility index (Phi) is 3.81. The molecule has 0 bridgehead atoms. The first-order valence-electron chi connectivity index (χ1n) is 10.2. The maximum atomic E-state index is 12.5. The topological polar surface area (TPSA) is 37.3 Å². The van der Waals surface area contributed by atoms with Crippen LogP contribution in [0.1, 0.15) is 78.1 Å². The van der Waals surface area contributed by atoms with Crippen molar-refractivity contribution in [3.63, 3.8) is 0 Å². The van der Waals surface area contributed by atoms with Gasteiger partial charge in [-0.3, -0.25) is 4.79 Å². The van der Waals surface area contributed by atoms with E-state index in [-0.39, 0.29) is 5.41 Å². The molecule has 24 heavy (non-hydrogen) atoms. The van der Waals surface area contributed by atoms with E-state index < -0.39 is 5.60 Å². The summed E-state index contributed by atoms with van der Waals surface area (Å²) in [6.45, 7) is 8.63. The molecule has 0 spiro atoms. The molecule has 1 unspecified atom stereocenters. The van der Waals surface area contributed by atoms with E-state index in [1.807, 2.05) is 6.08 Å². The zero-order valence-electron chi connectivity index (χ0n) is 15.5. The van der Waals surface area contributed by atoms with Crippen LogP contribution in [0, 0.1) is 34.5 Å². The zero-order valence-corrected chi connectivity index (χ0v) is 15.5. The number of rotatable bonds is 2. The Labute approximate surface area is 147 Å². The molecule has 0 aromatic carbocycles. The molecule has 0 aromatic rings. The van der Waals surface area contributed by atoms with Gasteiger partial charge in [0.05, 0.1) is 5.60 Å². The third-order valence-electron chi connectivity index (χ3n) is 9.05. The molecule has 7 atom stereocenters. The van der Waals surface area contributed by atoms with Crippen molar-refractivity contribution in [3.8, 4) is 0 Å². The Hall–Kier alpha value is -0.630. The van der Waals surface area contributed by atoms with E-state index in [4.69, 9.17) is 0 Å². The summed E-state index contributed by atoms with van der Waals surface area (Å²) in [6, 6.07) is 0. The Morgan fingerprint density at radius 2 is 1.92 bits per heavy atom. The average molecular weight is 331 g/mol. The Balaban J connectivity index is 1.59. The van der Waals surface area contributed by atoms with Crippen molar-refractivity contribution in [1.82, 2.24) is 0 Å². The van der Waals surface area contributed by atoms with E-state index in [1.54, 1.807) is 0 Å². The van der Waals surface area contributed by atoms with Crippen LogP contribution in [0.5, 0.6) is 0 Å². The highest BCUT2D eigenvalue weighted by Gasteiger charge is 2.61. The van der Waals surface area contributed by atoms with Gasteiger partial charge in [-0.25, -0.2) is 0 Å². The Morgan fingerprint density at radius 3 is 2.67 bits per heavy atom. The lowest BCUT2D eigenvalue weighted by molar-refractivity contribution is -0.153. The summed E-state index contributed by atoms with van der Waals surface area (Å²) in [5.41, 5.74) is -0.142. The van der Waals surface area contributed by atoms with E-state index >= 15 is 0 Å². The summed E-state index contributed by atoms with van der Waals surface area (Å²) >= 11 is 0. The standard InChI is InChI=1S/C22H34O2/c1-4-10-22(24)13-12-20(2)15(14-22)5-6-16-17-7-8-19(23)21(17,3)11-9-18(16)20/h4,15-18,24H,1,5-14H2,2-3H3/t15?,16-,17-,18-,20-,21-,22+/m0/s1. The molecule has 1 N–H and O–H groups in total. The fourth-order valence-electron chi connectivity index (χ4n) is 7.55. The van der Waals surface area contributed by atoms with Gasteiger partial charge in [0.2, 0.25) is 0 Å². The minimum Gasteiger partial charge on any atom is -0.390 e.